The molecule has 0 aliphatic rings. The summed E-state index contributed by atoms with van der Waals surface area (Å²) in [5, 5.41) is 6.55. The van der Waals surface area contributed by atoms with Crippen molar-refractivity contribution in [3.63, 3.8) is 0 Å². The predicted octanol–water partition coefficient (Wildman–Crippen LogP) is 3.07. The molecule has 0 saturated carbocycles. The highest BCUT2D eigenvalue weighted by atomic mass is 35.5. The van der Waals surface area contributed by atoms with E-state index in [0.717, 1.165) is 11.1 Å². The molecule has 0 radical (unpaired) electrons. The Morgan fingerprint density at radius 1 is 1.04 bits per heavy atom. The molecule has 2 heterocycles. The molecule has 126 valence electrons. The van der Waals surface area contributed by atoms with Crippen LogP contribution in [0.1, 0.15) is 21.6 Å². The van der Waals surface area contributed by atoms with Crippen LogP contribution in [0.4, 0.5) is 5.95 Å². The molecule has 1 aromatic carbocycles. The van der Waals surface area contributed by atoms with Crippen LogP contribution in [0.15, 0.2) is 61.1 Å². The lowest BCUT2D eigenvalue weighted by atomic mass is 10.2. The summed E-state index contributed by atoms with van der Waals surface area (Å²) in [6, 6.07) is 12.8. The number of carbonyl (C=O) groups is 1. The van der Waals surface area contributed by atoms with Crippen LogP contribution in [0.3, 0.4) is 0 Å². The largest absolute Gasteiger partial charge is 0.350 e. The fourth-order valence-electron chi connectivity index (χ4n) is 2.16. The van der Waals surface area contributed by atoms with E-state index < -0.39 is 0 Å². The molecule has 0 unspecified atom stereocenters. The minimum atomic E-state index is -0.271. The van der Waals surface area contributed by atoms with E-state index in [1.54, 1.807) is 24.7 Å². The lowest BCUT2D eigenvalue weighted by Gasteiger charge is -2.08. The number of rotatable bonds is 6. The molecule has 0 aliphatic heterocycles. The number of hydrogen-bond acceptors (Lipinski definition) is 5. The number of pyridine rings is 1. The molecule has 2 N–H and O–H groups in total. The molecule has 25 heavy (non-hydrogen) atoms. The molecule has 0 fully saturated rings. The van der Waals surface area contributed by atoms with Crippen LogP contribution >= 0.6 is 11.6 Å². The van der Waals surface area contributed by atoms with Crippen molar-refractivity contribution in [1.29, 1.82) is 0 Å². The molecular weight excluding hydrogens is 338 g/mol. The topological polar surface area (TPSA) is 79.8 Å². The van der Waals surface area contributed by atoms with Gasteiger partial charge in [0.05, 0.1) is 0 Å². The van der Waals surface area contributed by atoms with Crippen molar-refractivity contribution >= 4 is 23.5 Å². The van der Waals surface area contributed by atoms with Gasteiger partial charge in [0.25, 0.3) is 5.91 Å². The Hall–Kier alpha value is -2.99. The summed E-state index contributed by atoms with van der Waals surface area (Å²) >= 11 is 6.12. The summed E-state index contributed by atoms with van der Waals surface area (Å²) in [5.41, 5.74) is 2.14. The molecule has 1 amide bonds. The normalized spacial score (nSPS) is 10.3. The van der Waals surface area contributed by atoms with Crippen molar-refractivity contribution in [3.8, 4) is 0 Å². The van der Waals surface area contributed by atoms with Crippen LogP contribution in [0.2, 0.25) is 5.02 Å². The van der Waals surface area contributed by atoms with Crippen LogP contribution < -0.4 is 10.6 Å². The smallest absolute Gasteiger partial charge is 0.270 e. The van der Waals surface area contributed by atoms with Gasteiger partial charge in [0.1, 0.15) is 5.69 Å². The molecule has 2 aromatic heterocycles. The third kappa shape index (κ3) is 4.74. The maximum atomic E-state index is 12.2. The molecule has 0 atom stereocenters. The average Bonchev–Trinajstić information content (AvgIpc) is 2.66. The first-order valence-corrected chi connectivity index (χ1v) is 8.07. The third-order valence-electron chi connectivity index (χ3n) is 3.46. The minimum Gasteiger partial charge on any atom is -0.350 e. The molecule has 0 aliphatic carbocycles. The molecular formula is C18H16ClN5O. The highest BCUT2D eigenvalue weighted by Gasteiger charge is 2.09. The third-order valence-corrected chi connectivity index (χ3v) is 3.83. The number of benzene rings is 1. The summed E-state index contributed by atoms with van der Waals surface area (Å²) in [6.45, 7) is 0.861. The van der Waals surface area contributed by atoms with E-state index >= 15 is 0 Å². The van der Waals surface area contributed by atoms with E-state index in [1.165, 1.54) is 0 Å². The second kappa shape index (κ2) is 8.21. The van der Waals surface area contributed by atoms with E-state index in [9.17, 15) is 4.79 Å². The van der Waals surface area contributed by atoms with Gasteiger partial charge in [-0.3, -0.25) is 9.78 Å². The Morgan fingerprint density at radius 2 is 1.92 bits per heavy atom. The van der Waals surface area contributed by atoms with Crippen molar-refractivity contribution in [2.45, 2.75) is 13.1 Å². The van der Waals surface area contributed by atoms with Crippen molar-refractivity contribution in [3.05, 3.63) is 82.9 Å². The Kier molecular flexibility index (Phi) is 5.53. The fourth-order valence-corrected chi connectivity index (χ4v) is 2.36. The first kappa shape index (κ1) is 16.9. The van der Waals surface area contributed by atoms with Gasteiger partial charge < -0.3 is 10.6 Å². The number of carbonyl (C=O) groups excluding carboxylic acids is 1. The van der Waals surface area contributed by atoms with Crippen molar-refractivity contribution in [1.82, 2.24) is 20.3 Å². The van der Waals surface area contributed by atoms with Gasteiger partial charge in [0, 0.05) is 36.7 Å². The van der Waals surface area contributed by atoms with Gasteiger partial charge >= 0.3 is 0 Å². The summed E-state index contributed by atoms with van der Waals surface area (Å²) < 4.78 is 0. The van der Waals surface area contributed by atoms with Gasteiger partial charge in [-0.2, -0.15) is 0 Å². The monoisotopic (exact) mass is 353 g/mol. The summed E-state index contributed by atoms with van der Waals surface area (Å²) in [5.74, 6) is 0.0981. The van der Waals surface area contributed by atoms with Crippen molar-refractivity contribution in [2.24, 2.45) is 0 Å². The molecule has 0 spiro atoms. The van der Waals surface area contributed by atoms with Gasteiger partial charge in [-0.05, 0) is 29.3 Å². The van der Waals surface area contributed by atoms with Gasteiger partial charge in [-0.15, -0.1) is 0 Å². The Labute approximate surface area is 150 Å². The van der Waals surface area contributed by atoms with E-state index in [1.807, 2.05) is 36.4 Å². The molecule has 7 heteroatoms. The maximum Gasteiger partial charge on any atom is 0.270 e. The zero-order valence-corrected chi connectivity index (χ0v) is 14.1. The van der Waals surface area contributed by atoms with Gasteiger partial charge in [0.2, 0.25) is 5.95 Å². The average molecular weight is 354 g/mol. The number of halogens is 1. The summed E-state index contributed by atoms with van der Waals surface area (Å²) in [4.78, 5) is 24.6. The zero-order chi connectivity index (χ0) is 17.5. The summed E-state index contributed by atoms with van der Waals surface area (Å²) in [7, 11) is 0. The molecule has 3 aromatic rings. The van der Waals surface area contributed by atoms with Gasteiger partial charge in [-0.1, -0.05) is 35.9 Å². The lowest BCUT2D eigenvalue weighted by molar-refractivity contribution is 0.0946. The first-order valence-electron chi connectivity index (χ1n) is 7.70. The van der Waals surface area contributed by atoms with Crippen LogP contribution in [-0.2, 0) is 13.1 Å². The first-order chi connectivity index (χ1) is 12.2. The van der Waals surface area contributed by atoms with Crippen LogP contribution in [-0.4, -0.2) is 20.9 Å². The second-order valence-corrected chi connectivity index (χ2v) is 5.66. The van der Waals surface area contributed by atoms with Gasteiger partial charge in [0.15, 0.2) is 0 Å². The van der Waals surface area contributed by atoms with Crippen molar-refractivity contribution in [2.75, 3.05) is 5.32 Å². The van der Waals surface area contributed by atoms with E-state index in [0.29, 0.717) is 29.8 Å². The minimum absolute atomic E-state index is 0.271. The Bertz CT molecular complexity index is 857. The molecule has 3 rings (SSSR count). The number of anilines is 1. The van der Waals surface area contributed by atoms with Gasteiger partial charge in [-0.25, -0.2) is 9.97 Å². The SMILES string of the molecule is O=C(NCc1cccnc1)c1ccnc(NCc2ccccc2Cl)n1. The van der Waals surface area contributed by atoms with Crippen LogP contribution in [0.5, 0.6) is 0 Å². The van der Waals surface area contributed by atoms with Crippen LogP contribution in [0, 0.1) is 0 Å². The molecule has 0 saturated heterocycles. The molecule has 6 nitrogen and oxygen atoms in total. The van der Waals surface area contributed by atoms with Crippen LogP contribution in [0.25, 0.3) is 0 Å². The number of nitrogens with one attached hydrogen (secondary N) is 2. The number of hydrogen-bond donors (Lipinski definition) is 2. The Balaban J connectivity index is 1.61. The maximum absolute atomic E-state index is 12.2. The second-order valence-electron chi connectivity index (χ2n) is 5.25. The predicted molar refractivity (Wildman–Crippen MR) is 96.2 cm³/mol. The number of nitrogens with zero attached hydrogens (tertiary/aromatic N) is 3. The molecule has 0 bridgehead atoms. The number of aromatic nitrogens is 3. The Morgan fingerprint density at radius 3 is 2.72 bits per heavy atom. The van der Waals surface area contributed by atoms with Crippen molar-refractivity contribution < 1.29 is 4.79 Å². The van der Waals surface area contributed by atoms with E-state index in [-0.39, 0.29) is 5.91 Å². The highest BCUT2D eigenvalue weighted by molar-refractivity contribution is 6.31. The quantitative estimate of drug-likeness (QED) is 0.712. The zero-order valence-electron chi connectivity index (χ0n) is 13.3. The highest BCUT2D eigenvalue weighted by Crippen LogP contribution is 2.15. The summed E-state index contributed by atoms with van der Waals surface area (Å²) in [6.07, 6.45) is 4.93. The fraction of sp³-hybridized carbons (Fsp3) is 0.111. The standard InChI is InChI=1S/C18H16ClN5O/c19-15-6-2-1-5-14(15)12-23-18-21-9-7-16(24-18)17(25)22-11-13-4-3-8-20-10-13/h1-10H,11-12H2,(H,22,25)(H,21,23,24). The van der Waals surface area contributed by atoms with E-state index in [2.05, 4.69) is 25.6 Å². The number of amides is 1. The lowest BCUT2D eigenvalue weighted by Crippen LogP contribution is -2.24. The van der Waals surface area contributed by atoms with E-state index in [4.69, 9.17) is 11.6 Å².